The molecule has 0 aliphatic carbocycles. The van der Waals surface area contributed by atoms with Gasteiger partial charge in [0.2, 0.25) is 11.8 Å². The van der Waals surface area contributed by atoms with Crippen LogP contribution in [0.4, 0.5) is 10.1 Å². The van der Waals surface area contributed by atoms with Crippen molar-refractivity contribution in [2.75, 3.05) is 25.0 Å². The molecule has 2 heterocycles. The van der Waals surface area contributed by atoms with Gasteiger partial charge in [0.25, 0.3) is 0 Å². The van der Waals surface area contributed by atoms with Gasteiger partial charge in [0.1, 0.15) is 5.82 Å². The van der Waals surface area contributed by atoms with Crippen molar-refractivity contribution in [1.82, 2.24) is 15.0 Å². The number of amides is 1. The lowest BCUT2D eigenvalue weighted by atomic mass is 9.93. The molecule has 3 rings (SSSR count). The van der Waals surface area contributed by atoms with Crippen LogP contribution in [0, 0.1) is 18.7 Å². The molecule has 1 amide bonds. The summed E-state index contributed by atoms with van der Waals surface area (Å²) in [5.74, 6) is 1.05. The molecule has 6 nitrogen and oxygen atoms in total. The number of aryl methyl sites for hydroxylation is 1. The molecular weight excluding hydrogens is 347 g/mol. The molecule has 25 heavy (non-hydrogen) atoms. The summed E-state index contributed by atoms with van der Waals surface area (Å²) in [5.41, 5.74) is 0.150. The van der Waals surface area contributed by atoms with Crippen molar-refractivity contribution >= 4 is 23.2 Å². The first-order valence-electron chi connectivity index (χ1n) is 8.26. The maximum Gasteiger partial charge on any atom is 0.238 e. The number of hydrogen-bond donors (Lipinski definition) is 1. The number of hydrogen-bond acceptors (Lipinski definition) is 5. The Bertz CT molecular complexity index is 744. The second kappa shape index (κ2) is 7.93. The highest BCUT2D eigenvalue weighted by Crippen LogP contribution is 2.21. The lowest BCUT2D eigenvalue weighted by Crippen LogP contribution is -2.39. The molecule has 1 aromatic heterocycles. The third-order valence-corrected chi connectivity index (χ3v) is 4.56. The molecule has 0 atom stereocenters. The van der Waals surface area contributed by atoms with E-state index in [2.05, 4.69) is 20.4 Å². The zero-order chi connectivity index (χ0) is 17.8. The Hall–Kier alpha value is -1.99. The number of halogens is 2. The van der Waals surface area contributed by atoms with Gasteiger partial charge in [-0.2, -0.15) is 4.98 Å². The smallest absolute Gasteiger partial charge is 0.238 e. The minimum atomic E-state index is -0.532. The molecule has 1 N–H and O–H groups in total. The van der Waals surface area contributed by atoms with Gasteiger partial charge in [-0.05, 0) is 50.0 Å². The van der Waals surface area contributed by atoms with Gasteiger partial charge in [-0.1, -0.05) is 16.8 Å². The normalized spacial score (nSPS) is 16.1. The van der Waals surface area contributed by atoms with Crippen LogP contribution in [0.1, 0.15) is 24.6 Å². The second-order valence-corrected chi connectivity index (χ2v) is 6.76. The van der Waals surface area contributed by atoms with Crippen molar-refractivity contribution < 1.29 is 13.7 Å². The molecule has 1 fully saturated rings. The number of carbonyl (C=O) groups is 1. The zero-order valence-electron chi connectivity index (χ0n) is 14.0. The first-order valence-corrected chi connectivity index (χ1v) is 8.64. The molecular formula is C17H20ClFN4O2. The number of nitrogens with zero attached hydrogens (tertiary/aromatic N) is 3. The van der Waals surface area contributed by atoms with E-state index in [0.29, 0.717) is 16.8 Å². The van der Waals surface area contributed by atoms with Crippen molar-refractivity contribution in [3.63, 3.8) is 0 Å². The molecule has 0 unspecified atom stereocenters. The number of anilines is 1. The maximum absolute atomic E-state index is 13.7. The van der Waals surface area contributed by atoms with Crippen molar-refractivity contribution in [2.45, 2.75) is 26.2 Å². The van der Waals surface area contributed by atoms with E-state index in [0.717, 1.165) is 38.2 Å². The van der Waals surface area contributed by atoms with Crippen LogP contribution in [0.25, 0.3) is 0 Å². The molecule has 8 heteroatoms. The second-order valence-electron chi connectivity index (χ2n) is 6.33. The maximum atomic E-state index is 13.7. The largest absolute Gasteiger partial charge is 0.340 e. The molecule has 1 aromatic carbocycles. The van der Waals surface area contributed by atoms with Crippen LogP contribution in [0.3, 0.4) is 0 Å². The Morgan fingerprint density at radius 3 is 2.84 bits per heavy atom. The van der Waals surface area contributed by atoms with E-state index in [9.17, 15) is 9.18 Å². The molecule has 1 aliphatic rings. The van der Waals surface area contributed by atoms with Gasteiger partial charge in [0, 0.05) is 18.4 Å². The zero-order valence-corrected chi connectivity index (χ0v) is 14.7. The van der Waals surface area contributed by atoms with E-state index in [1.807, 2.05) is 0 Å². The molecule has 1 aliphatic heterocycles. The highest BCUT2D eigenvalue weighted by molar-refractivity contribution is 6.30. The van der Waals surface area contributed by atoms with Crippen molar-refractivity contribution in [2.24, 2.45) is 5.92 Å². The fraction of sp³-hybridized carbons (Fsp3) is 0.471. The van der Waals surface area contributed by atoms with Crippen molar-refractivity contribution in [1.29, 1.82) is 0 Å². The third-order valence-electron chi connectivity index (χ3n) is 4.32. The average Bonchev–Trinajstić information content (AvgIpc) is 2.97. The first kappa shape index (κ1) is 17.8. The molecule has 1 saturated heterocycles. The number of rotatable bonds is 5. The highest BCUT2D eigenvalue weighted by Gasteiger charge is 2.22. The number of piperidine rings is 1. The van der Waals surface area contributed by atoms with Crippen LogP contribution >= 0.6 is 11.6 Å². The average molecular weight is 367 g/mol. The van der Waals surface area contributed by atoms with Crippen LogP contribution in [-0.4, -0.2) is 40.6 Å². The van der Waals surface area contributed by atoms with Gasteiger partial charge in [0.15, 0.2) is 5.82 Å². The van der Waals surface area contributed by atoms with Gasteiger partial charge >= 0.3 is 0 Å². The topological polar surface area (TPSA) is 71.3 Å². The number of benzene rings is 1. The molecule has 0 spiro atoms. The van der Waals surface area contributed by atoms with E-state index in [-0.39, 0.29) is 18.1 Å². The van der Waals surface area contributed by atoms with Crippen molar-refractivity contribution in [3.05, 3.63) is 40.8 Å². The summed E-state index contributed by atoms with van der Waals surface area (Å²) in [7, 11) is 0. The molecule has 0 bridgehead atoms. The SMILES string of the molecule is Cc1nc(CC2CCN(CC(=O)Nc3ccc(Cl)cc3F)CC2)no1. The lowest BCUT2D eigenvalue weighted by molar-refractivity contribution is -0.117. The molecule has 134 valence electrons. The summed E-state index contributed by atoms with van der Waals surface area (Å²) in [6.07, 6.45) is 2.74. The lowest BCUT2D eigenvalue weighted by Gasteiger charge is -2.30. The number of nitrogens with one attached hydrogen (secondary N) is 1. The monoisotopic (exact) mass is 366 g/mol. The van der Waals surface area contributed by atoms with Crippen LogP contribution in [-0.2, 0) is 11.2 Å². The quantitative estimate of drug-likeness (QED) is 0.880. The number of aromatic nitrogens is 2. The summed E-state index contributed by atoms with van der Waals surface area (Å²) >= 11 is 5.71. The Morgan fingerprint density at radius 2 is 2.20 bits per heavy atom. The fourth-order valence-corrected chi connectivity index (χ4v) is 3.17. The molecule has 2 aromatic rings. The van der Waals surface area contributed by atoms with Crippen LogP contribution in [0.2, 0.25) is 5.02 Å². The van der Waals surface area contributed by atoms with E-state index in [4.69, 9.17) is 16.1 Å². The molecule has 0 radical (unpaired) electrons. The van der Waals surface area contributed by atoms with Gasteiger partial charge in [-0.15, -0.1) is 0 Å². The van der Waals surface area contributed by atoms with E-state index in [1.54, 1.807) is 13.0 Å². The Morgan fingerprint density at radius 1 is 1.44 bits per heavy atom. The third kappa shape index (κ3) is 4.99. The predicted octanol–water partition coefficient (Wildman–Crippen LogP) is 3.06. The van der Waals surface area contributed by atoms with E-state index >= 15 is 0 Å². The van der Waals surface area contributed by atoms with Crippen molar-refractivity contribution in [3.8, 4) is 0 Å². The summed E-state index contributed by atoms with van der Waals surface area (Å²) in [4.78, 5) is 18.4. The minimum Gasteiger partial charge on any atom is -0.340 e. The van der Waals surface area contributed by atoms with Gasteiger partial charge in [-0.3, -0.25) is 9.69 Å². The van der Waals surface area contributed by atoms with Gasteiger partial charge in [0.05, 0.1) is 12.2 Å². The highest BCUT2D eigenvalue weighted by atomic mass is 35.5. The Kier molecular flexibility index (Phi) is 5.65. The fourth-order valence-electron chi connectivity index (χ4n) is 3.01. The number of carbonyl (C=O) groups excluding carboxylic acids is 1. The van der Waals surface area contributed by atoms with Crippen LogP contribution < -0.4 is 5.32 Å². The predicted molar refractivity (Wildman–Crippen MR) is 91.9 cm³/mol. The Labute approximate surface area is 150 Å². The van der Waals surface area contributed by atoms with E-state index < -0.39 is 5.82 Å². The first-order chi connectivity index (χ1) is 12.0. The summed E-state index contributed by atoms with van der Waals surface area (Å²) in [5, 5.41) is 6.82. The van der Waals surface area contributed by atoms with Gasteiger partial charge in [-0.25, -0.2) is 4.39 Å². The van der Waals surface area contributed by atoms with Crippen LogP contribution in [0.5, 0.6) is 0 Å². The summed E-state index contributed by atoms with van der Waals surface area (Å²) in [6.45, 7) is 3.66. The van der Waals surface area contributed by atoms with Crippen LogP contribution in [0.15, 0.2) is 22.7 Å². The summed E-state index contributed by atoms with van der Waals surface area (Å²) in [6, 6.07) is 4.20. The standard InChI is InChI=1S/C17H20ClFN4O2/c1-11-20-16(22-25-11)8-12-4-6-23(7-5-12)10-17(24)21-15-3-2-13(18)9-14(15)19/h2-3,9,12H,4-8,10H2,1H3,(H,21,24). The number of likely N-dealkylation sites (tertiary alicyclic amines) is 1. The molecule has 0 saturated carbocycles. The minimum absolute atomic E-state index is 0.150. The van der Waals surface area contributed by atoms with Gasteiger partial charge < -0.3 is 9.84 Å². The Balaban J connectivity index is 1.44. The van der Waals surface area contributed by atoms with E-state index in [1.165, 1.54) is 12.1 Å². The summed E-state index contributed by atoms with van der Waals surface area (Å²) < 4.78 is 18.7.